The molecule has 4 aliphatic heterocycles. The quantitative estimate of drug-likeness (QED) is 0.551. The molecule has 0 saturated carbocycles. The third-order valence-corrected chi connectivity index (χ3v) is 5.95. The summed E-state index contributed by atoms with van der Waals surface area (Å²) in [6.07, 6.45) is 6.12. The Kier molecular flexibility index (Phi) is 1.31. The summed E-state index contributed by atoms with van der Waals surface area (Å²) in [5.41, 5.74) is 0. The molecule has 56 valence electrons. The van der Waals surface area contributed by atoms with Gasteiger partial charge in [-0.3, -0.25) is 0 Å². The average molecular weight is 172 g/mol. The summed E-state index contributed by atoms with van der Waals surface area (Å²) in [6.45, 7) is 0. The zero-order valence-corrected chi connectivity index (χ0v) is 7.59. The van der Waals surface area contributed by atoms with Crippen LogP contribution in [0.25, 0.3) is 0 Å². The standard InChI is InChI=1S/C8H12S2/c1-5-2-7-4-8(9-5)3-6(1)10-7/h5-8H,1-4H2. The molecule has 0 nitrogen and oxygen atoms in total. The van der Waals surface area contributed by atoms with Crippen LogP contribution in [0.1, 0.15) is 25.7 Å². The van der Waals surface area contributed by atoms with Gasteiger partial charge in [0, 0.05) is 21.0 Å². The van der Waals surface area contributed by atoms with Crippen molar-refractivity contribution in [1.29, 1.82) is 0 Å². The normalized spacial score (nSPS) is 57.6. The van der Waals surface area contributed by atoms with Gasteiger partial charge in [-0.1, -0.05) is 0 Å². The summed E-state index contributed by atoms with van der Waals surface area (Å²) in [5, 5.41) is 4.29. The largest absolute Gasteiger partial charge is 0.155 e. The van der Waals surface area contributed by atoms with Crippen molar-refractivity contribution >= 4 is 23.5 Å². The van der Waals surface area contributed by atoms with Gasteiger partial charge in [0.25, 0.3) is 0 Å². The van der Waals surface area contributed by atoms with E-state index in [-0.39, 0.29) is 0 Å². The fraction of sp³-hybridized carbons (Fsp3) is 1.00. The Balaban J connectivity index is 1.90. The molecule has 4 fully saturated rings. The molecule has 4 aliphatic rings. The lowest BCUT2D eigenvalue weighted by atomic mass is 9.97. The molecule has 0 atom stereocenters. The SMILES string of the molecule is C1C2CC3CC(CC1S3)S2. The Morgan fingerprint density at radius 3 is 1.20 bits per heavy atom. The number of hydrogen-bond donors (Lipinski definition) is 0. The second-order valence-electron chi connectivity index (χ2n) is 3.70. The summed E-state index contributed by atoms with van der Waals surface area (Å²) in [4.78, 5) is 0. The van der Waals surface area contributed by atoms with E-state index in [2.05, 4.69) is 23.5 Å². The molecule has 4 bridgehead atoms. The van der Waals surface area contributed by atoms with E-state index in [0.717, 1.165) is 21.0 Å². The van der Waals surface area contributed by atoms with Crippen LogP contribution in [0, 0.1) is 0 Å². The van der Waals surface area contributed by atoms with Gasteiger partial charge in [-0.2, -0.15) is 23.5 Å². The van der Waals surface area contributed by atoms with E-state index < -0.39 is 0 Å². The minimum atomic E-state index is 1.07. The lowest BCUT2D eigenvalue weighted by Crippen LogP contribution is -2.42. The maximum Gasteiger partial charge on any atom is 0.00709 e. The van der Waals surface area contributed by atoms with E-state index in [1.807, 2.05) is 0 Å². The van der Waals surface area contributed by atoms with E-state index in [1.165, 1.54) is 25.7 Å². The first-order valence-electron chi connectivity index (χ1n) is 4.21. The van der Waals surface area contributed by atoms with E-state index >= 15 is 0 Å². The number of thioether (sulfide) groups is 2. The van der Waals surface area contributed by atoms with Crippen LogP contribution in [0.15, 0.2) is 0 Å². The van der Waals surface area contributed by atoms with Gasteiger partial charge in [-0.05, 0) is 25.7 Å². The molecule has 0 aliphatic carbocycles. The van der Waals surface area contributed by atoms with Gasteiger partial charge >= 0.3 is 0 Å². The molecule has 4 rings (SSSR count). The van der Waals surface area contributed by atoms with Crippen molar-refractivity contribution in [2.24, 2.45) is 0 Å². The zero-order chi connectivity index (χ0) is 6.55. The molecule has 0 spiro atoms. The molecule has 0 aromatic rings. The first-order valence-corrected chi connectivity index (χ1v) is 6.09. The van der Waals surface area contributed by atoms with Crippen LogP contribution in [0.2, 0.25) is 0 Å². The first kappa shape index (κ1) is 6.24. The first-order chi connectivity index (χ1) is 4.90. The maximum absolute atomic E-state index is 2.29. The van der Waals surface area contributed by atoms with Crippen LogP contribution in [0.5, 0.6) is 0 Å². The molecule has 0 aromatic heterocycles. The smallest absolute Gasteiger partial charge is 0.00709 e. The van der Waals surface area contributed by atoms with Gasteiger partial charge in [0.15, 0.2) is 0 Å². The van der Waals surface area contributed by atoms with Gasteiger partial charge < -0.3 is 0 Å². The minimum absolute atomic E-state index is 1.07. The highest BCUT2D eigenvalue weighted by Crippen LogP contribution is 2.54. The Hall–Kier alpha value is 0.700. The Morgan fingerprint density at radius 2 is 0.900 bits per heavy atom. The number of rotatable bonds is 0. The zero-order valence-electron chi connectivity index (χ0n) is 5.95. The Labute approximate surface area is 70.5 Å². The van der Waals surface area contributed by atoms with E-state index in [1.54, 1.807) is 0 Å². The van der Waals surface area contributed by atoms with Gasteiger partial charge in [0.2, 0.25) is 0 Å². The molecule has 0 amide bonds. The summed E-state index contributed by atoms with van der Waals surface area (Å²) >= 11 is 4.59. The summed E-state index contributed by atoms with van der Waals surface area (Å²) < 4.78 is 0. The second kappa shape index (κ2) is 2.10. The van der Waals surface area contributed by atoms with E-state index in [9.17, 15) is 0 Å². The molecule has 4 heterocycles. The average Bonchev–Trinajstić information content (AvgIpc) is 1.82. The topological polar surface area (TPSA) is 0 Å². The van der Waals surface area contributed by atoms with Crippen LogP contribution >= 0.6 is 23.5 Å². The van der Waals surface area contributed by atoms with Crippen molar-refractivity contribution in [1.82, 2.24) is 0 Å². The van der Waals surface area contributed by atoms with Crippen molar-refractivity contribution in [3.05, 3.63) is 0 Å². The fourth-order valence-corrected chi connectivity index (χ4v) is 6.87. The molecule has 2 heteroatoms. The van der Waals surface area contributed by atoms with Crippen molar-refractivity contribution in [3.8, 4) is 0 Å². The molecule has 0 aromatic carbocycles. The lowest BCUT2D eigenvalue weighted by Gasteiger charge is -2.48. The molecule has 4 saturated heterocycles. The Bertz CT molecular complexity index is 98.8. The van der Waals surface area contributed by atoms with Gasteiger partial charge in [0.05, 0.1) is 0 Å². The monoisotopic (exact) mass is 172 g/mol. The van der Waals surface area contributed by atoms with Crippen LogP contribution in [0.4, 0.5) is 0 Å². The molecule has 0 N–H and O–H groups in total. The molecule has 0 radical (unpaired) electrons. The van der Waals surface area contributed by atoms with E-state index in [0.29, 0.717) is 0 Å². The van der Waals surface area contributed by atoms with Crippen LogP contribution in [-0.4, -0.2) is 21.0 Å². The molecule has 10 heavy (non-hydrogen) atoms. The van der Waals surface area contributed by atoms with Crippen LogP contribution < -0.4 is 0 Å². The van der Waals surface area contributed by atoms with Gasteiger partial charge in [0.1, 0.15) is 0 Å². The molecular formula is C8H12S2. The molecule has 0 unspecified atom stereocenters. The lowest BCUT2D eigenvalue weighted by molar-refractivity contribution is 0.478. The third-order valence-electron chi connectivity index (χ3n) is 2.87. The van der Waals surface area contributed by atoms with Gasteiger partial charge in [-0.15, -0.1) is 0 Å². The van der Waals surface area contributed by atoms with E-state index in [4.69, 9.17) is 0 Å². The highest BCUT2D eigenvalue weighted by molar-refractivity contribution is 8.03. The second-order valence-corrected chi connectivity index (χ2v) is 6.91. The summed E-state index contributed by atoms with van der Waals surface area (Å²) in [5.74, 6) is 0. The summed E-state index contributed by atoms with van der Waals surface area (Å²) in [7, 11) is 0. The summed E-state index contributed by atoms with van der Waals surface area (Å²) in [6, 6.07) is 0. The fourth-order valence-electron chi connectivity index (χ4n) is 2.55. The van der Waals surface area contributed by atoms with Crippen molar-refractivity contribution in [2.75, 3.05) is 0 Å². The van der Waals surface area contributed by atoms with Crippen molar-refractivity contribution < 1.29 is 0 Å². The highest BCUT2D eigenvalue weighted by atomic mass is 32.2. The Morgan fingerprint density at radius 1 is 0.600 bits per heavy atom. The van der Waals surface area contributed by atoms with Gasteiger partial charge in [-0.25, -0.2) is 0 Å². The van der Waals surface area contributed by atoms with Crippen LogP contribution in [0.3, 0.4) is 0 Å². The third kappa shape index (κ3) is 0.845. The highest BCUT2D eigenvalue weighted by Gasteiger charge is 2.42. The van der Waals surface area contributed by atoms with Crippen LogP contribution in [-0.2, 0) is 0 Å². The number of hydrogen-bond acceptors (Lipinski definition) is 2. The van der Waals surface area contributed by atoms with Crippen molar-refractivity contribution in [3.63, 3.8) is 0 Å². The predicted molar refractivity (Wildman–Crippen MR) is 48.8 cm³/mol. The van der Waals surface area contributed by atoms with Crippen molar-refractivity contribution in [2.45, 2.75) is 46.7 Å². The minimum Gasteiger partial charge on any atom is -0.155 e. The molecular weight excluding hydrogens is 160 g/mol. The maximum atomic E-state index is 2.29. The predicted octanol–water partition coefficient (Wildman–Crippen LogP) is 2.53.